The van der Waals surface area contributed by atoms with Crippen LogP contribution in [0, 0.1) is 19.8 Å². The minimum absolute atomic E-state index is 0.0172. The van der Waals surface area contributed by atoms with Crippen molar-refractivity contribution in [3.8, 4) is 11.4 Å². The summed E-state index contributed by atoms with van der Waals surface area (Å²) in [5.74, 6) is 1.74. The number of amides is 1. The summed E-state index contributed by atoms with van der Waals surface area (Å²) in [4.78, 5) is 16.7. The summed E-state index contributed by atoms with van der Waals surface area (Å²) in [5.41, 5.74) is 10.5. The van der Waals surface area contributed by atoms with Crippen molar-refractivity contribution in [2.45, 2.75) is 53.6 Å². The van der Waals surface area contributed by atoms with Crippen LogP contribution in [0.4, 0.5) is 5.69 Å². The monoisotopic (exact) mass is 395 g/mol. The van der Waals surface area contributed by atoms with Gasteiger partial charge < -0.3 is 11.1 Å². The van der Waals surface area contributed by atoms with Crippen LogP contribution in [0.3, 0.4) is 0 Å². The number of carbonyl (C=O) groups excluding carboxylic acids is 1. The second kappa shape index (κ2) is 9.00. The molecule has 0 radical (unpaired) electrons. The van der Waals surface area contributed by atoms with Crippen LogP contribution in [0.5, 0.6) is 0 Å². The summed E-state index contributed by atoms with van der Waals surface area (Å²) in [6.45, 7) is 9.64. The maximum atomic E-state index is 12.4. The predicted octanol–water partition coefficient (Wildman–Crippen LogP) is 2.97. The van der Waals surface area contributed by atoms with Crippen LogP contribution in [0.25, 0.3) is 11.4 Å². The Bertz CT molecular complexity index is 970. The molecule has 2 aromatic heterocycles. The lowest BCUT2D eigenvalue weighted by Crippen LogP contribution is -2.13. The van der Waals surface area contributed by atoms with Crippen LogP contribution >= 0.6 is 0 Å². The normalized spacial score (nSPS) is 11.2. The molecule has 4 N–H and O–H groups in total. The Hall–Kier alpha value is -3.00. The largest absolute Gasteiger partial charge is 0.326 e. The number of aromatic nitrogens is 5. The van der Waals surface area contributed by atoms with Gasteiger partial charge in [0.1, 0.15) is 5.82 Å². The topological polar surface area (TPSA) is 115 Å². The van der Waals surface area contributed by atoms with Crippen LogP contribution in [0.2, 0.25) is 0 Å². The number of hydrogen-bond acceptors (Lipinski definition) is 5. The molecule has 0 atom stereocenters. The number of benzene rings is 1. The Morgan fingerprint density at radius 1 is 1.24 bits per heavy atom. The van der Waals surface area contributed by atoms with Gasteiger partial charge in [-0.25, -0.2) is 4.98 Å². The van der Waals surface area contributed by atoms with Crippen LogP contribution in [-0.4, -0.2) is 30.9 Å². The van der Waals surface area contributed by atoms with Gasteiger partial charge in [-0.3, -0.25) is 14.6 Å². The summed E-state index contributed by atoms with van der Waals surface area (Å²) in [6.07, 6.45) is 1.09. The van der Waals surface area contributed by atoms with Gasteiger partial charge in [0.15, 0.2) is 5.82 Å². The maximum absolute atomic E-state index is 12.4. The van der Waals surface area contributed by atoms with Gasteiger partial charge in [0.25, 0.3) is 0 Å². The van der Waals surface area contributed by atoms with Crippen molar-refractivity contribution >= 4 is 11.6 Å². The average Bonchev–Trinajstić information content (AvgIpc) is 3.26. The molecule has 0 saturated carbocycles. The van der Waals surface area contributed by atoms with Crippen molar-refractivity contribution in [1.29, 1.82) is 0 Å². The standard InChI is InChI=1S/C21H29N7O/c1-13(2)12-28-15(4)18(14(3)27-28)9-10-20(29)23-17-7-5-16(6-8-17)21-24-19(11-22)25-26-21/h5-8,13H,9-12,22H2,1-4H3,(H,23,29)(H,24,25,26). The first-order valence-electron chi connectivity index (χ1n) is 9.92. The molecule has 3 aromatic rings. The van der Waals surface area contributed by atoms with E-state index in [9.17, 15) is 4.79 Å². The smallest absolute Gasteiger partial charge is 0.224 e. The number of nitrogens with two attached hydrogens (primary N) is 1. The number of aromatic amines is 1. The van der Waals surface area contributed by atoms with Crippen LogP contribution in [-0.2, 0) is 24.3 Å². The molecule has 0 bridgehead atoms. The van der Waals surface area contributed by atoms with Gasteiger partial charge in [-0.15, -0.1) is 0 Å². The lowest BCUT2D eigenvalue weighted by Gasteiger charge is -2.08. The summed E-state index contributed by atoms with van der Waals surface area (Å²) >= 11 is 0. The van der Waals surface area contributed by atoms with E-state index in [1.807, 2.05) is 35.9 Å². The van der Waals surface area contributed by atoms with E-state index in [2.05, 4.69) is 46.4 Å². The fourth-order valence-corrected chi connectivity index (χ4v) is 3.30. The first kappa shape index (κ1) is 20.7. The molecular weight excluding hydrogens is 366 g/mol. The number of carbonyl (C=O) groups is 1. The first-order valence-corrected chi connectivity index (χ1v) is 9.92. The number of nitrogens with one attached hydrogen (secondary N) is 2. The highest BCUT2D eigenvalue weighted by atomic mass is 16.1. The third-order valence-corrected chi connectivity index (χ3v) is 4.82. The first-order chi connectivity index (χ1) is 13.9. The molecular formula is C21H29N7O. The van der Waals surface area contributed by atoms with E-state index >= 15 is 0 Å². The lowest BCUT2D eigenvalue weighted by atomic mass is 10.1. The zero-order valence-corrected chi connectivity index (χ0v) is 17.5. The molecule has 154 valence electrons. The number of aryl methyl sites for hydroxylation is 1. The zero-order chi connectivity index (χ0) is 21.0. The van der Waals surface area contributed by atoms with Gasteiger partial charge in [-0.1, -0.05) is 13.8 Å². The SMILES string of the molecule is Cc1nn(CC(C)C)c(C)c1CCC(=O)Nc1ccc(-c2n[nH]c(CN)n2)cc1. The molecule has 3 rings (SSSR count). The molecule has 1 aromatic carbocycles. The van der Waals surface area contributed by atoms with E-state index in [0.717, 1.165) is 34.7 Å². The fraction of sp³-hybridized carbons (Fsp3) is 0.429. The fourth-order valence-electron chi connectivity index (χ4n) is 3.30. The van der Waals surface area contributed by atoms with Crippen molar-refractivity contribution in [3.05, 3.63) is 47.0 Å². The summed E-state index contributed by atoms with van der Waals surface area (Å²) in [7, 11) is 0. The molecule has 0 aliphatic rings. The molecule has 0 saturated heterocycles. The van der Waals surface area contributed by atoms with E-state index in [0.29, 0.717) is 37.0 Å². The molecule has 8 nitrogen and oxygen atoms in total. The molecule has 0 fully saturated rings. The van der Waals surface area contributed by atoms with Crippen LogP contribution in [0.15, 0.2) is 24.3 Å². The predicted molar refractivity (Wildman–Crippen MR) is 113 cm³/mol. The van der Waals surface area contributed by atoms with Gasteiger partial charge >= 0.3 is 0 Å². The Balaban J connectivity index is 1.58. The van der Waals surface area contributed by atoms with Crippen molar-refractivity contribution in [2.75, 3.05) is 5.32 Å². The van der Waals surface area contributed by atoms with Crippen molar-refractivity contribution in [1.82, 2.24) is 25.0 Å². The van der Waals surface area contributed by atoms with Crippen molar-refractivity contribution in [2.24, 2.45) is 11.7 Å². The molecule has 2 heterocycles. The van der Waals surface area contributed by atoms with Gasteiger partial charge in [-0.05, 0) is 56.0 Å². The molecule has 0 spiro atoms. The van der Waals surface area contributed by atoms with Gasteiger partial charge in [-0.2, -0.15) is 10.2 Å². The summed E-state index contributed by atoms with van der Waals surface area (Å²) in [5, 5.41) is 14.5. The Kier molecular flexibility index (Phi) is 6.43. The highest BCUT2D eigenvalue weighted by Crippen LogP contribution is 2.19. The zero-order valence-electron chi connectivity index (χ0n) is 17.5. The second-order valence-electron chi connectivity index (χ2n) is 7.66. The number of nitrogens with zero attached hydrogens (tertiary/aromatic N) is 4. The van der Waals surface area contributed by atoms with Crippen LogP contribution < -0.4 is 11.1 Å². The Labute approximate surface area is 170 Å². The molecule has 0 aliphatic heterocycles. The van der Waals surface area contributed by atoms with E-state index in [4.69, 9.17) is 5.73 Å². The minimum atomic E-state index is -0.0172. The quantitative estimate of drug-likeness (QED) is 0.542. The maximum Gasteiger partial charge on any atom is 0.224 e. The number of H-pyrrole nitrogens is 1. The number of rotatable bonds is 8. The summed E-state index contributed by atoms with van der Waals surface area (Å²) < 4.78 is 2.05. The number of hydrogen-bond donors (Lipinski definition) is 3. The Morgan fingerprint density at radius 2 is 1.97 bits per heavy atom. The second-order valence-corrected chi connectivity index (χ2v) is 7.66. The van der Waals surface area contributed by atoms with E-state index in [1.54, 1.807) is 0 Å². The van der Waals surface area contributed by atoms with Crippen molar-refractivity contribution in [3.63, 3.8) is 0 Å². The van der Waals surface area contributed by atoms with Gasteiger partial charge in [0.05, 0.1) is 12.2 Å². The van der Waals surface area contributed by atoms with E-state index in [-0.39, 0.29) is 5.91 Å². The highest BCUT2D eigenvalue weighted by Gasteiger charge is 2.14. The van der Waals surface area contributed by atoms with Gasteiger partial charge in [0, 0.05) is 29.9 Å². The average molecular weight is 396 g/mol. The Morgan fingerprint density at radius 3 is 2.59 bits per heavy atom. The third kappa shape index (κ3) is 5.08. The summed E-state index contributed by atoms with van der Waals surface area (Å²) in [6, 6.07) is 7.46. The third-order valence-electron chi connectivity index (χ3n) is 4.82. The highest BCUT2D eigenvalue weighted by molar-refractivity contribution is 5.91. The molecule has 8 heteroatoms. The van der Waals surface area contributed by atoms with E-state index < -0.39 is 0 Å². The minimum Gasteiger partial charge on any atom is -0.326 e. The van der Waals surface area contributed by atoms with Gasteiger partial charge in [0.2, 0.25) is 5.91 Å². The molecule has 29 heavy (non-hydrogen) atoms. The molecule has 0 aliphatic carbocycles. The van der Waals surface area contributed by atoms with E-state index in [1.165, 1.54) is 0 Å². The van der Waals surface area contributed by atoms with Crippen molar-refractivity contribution < 1.29 is 4.79 Å². The molecule has 0 unspecified atom stereocenters. The molecule has 1 amide bonds. The lowest BCUT2D eigenvalue weighted by molar-refractivity contribution is -0.116. The number of anilines is 1. The van der Waals surface area contributed by atoms with Crippen LogP contribution in [0.1, 0.15) is 43.0 Å².